The summed E-state index contributed by atoms with van der Waals surface area (Å²) in [5.74, 6) is -1.26. The molecule has 0 bridgehead atoms. The molecule has 2 heterocycles. The Hall–Kier alpha value is -1.60. The van der Waals surface area contributed by atoms with Crippen molar-refractivity contribution in [2.75, 3.05) is 0 Å². The standard InChI is InChI=1S/C12H11BrN2O3S/c13-8-4-9(19-7-8)5-14-11(16)6-15-3-1-2-10(15)12(17)18/h1-4,7H,5-6H2,(H,14,16)(H,17,18). The maximum atomic E-state index is 11.7. The largest absolute Gasteiger partial charge is 0.477 e. The molecule has 0 atom stereocenters. The fraction of sp³-hybridized carbons (Fsp3) is 0.167. The molecule has 100 valence electrons. The van der Waals surface area contributed by atoms with Gasteiger partial charge in [-0.2, -0.15) is 0 Å². The number of nitrogens with zero attached hydrogens (tertiary/aromatic N) is 1. The van der Waals surface area contributed by atoms with E-state index in [9.17, 15) is 9.59 Å². The van der Waals surface area contributed by atoms with Crippen LogP contribution in [0.4, 0.5) is 0 Å². The highest BCUT2D eigenvalue weighted by molar-refractivity contribution is 9.10. The Balaban J connectivity index is 1.90. The van der Waals surface area contributed by atoms with Gasteiger partial charge >= 0.3 is 5.97 Å². The van der Waals surface area contributed by atoms with Gasteiger partial charge in [-0.25, -0.2) is 4.79 Å². The van der Waals surface area contributed by atoms with Crippen molar-refractivity contribution in [2.45, 2.75) is 13.1 Å². The first-order valence-corrected chi connectivity index (χ1v) is 7.11. The molecule has 2 aromatic heterocycles. The van der Waals surface area contributed by atoms with E-state index in [1.165, 1.54) is 10.6 Å². The van der Waals surface area contributed by atoms with Gasteiger partial charge in [-0.3, -0.25) is 4.79 Å². The second kappa shape index (κ2) is 6.03. The highest BCUT2D eigenvalue weighted by atomic mass is 79.9. The van der Waals surface area contributed by atoms with Gasteiger partial charge in [-0.1, -0.05) is 0 Å². The van der Waals surface area contributed by atoms with Crippen LogP contribution in [-0.4, -0.2) is 21.6 Å². The van der Waals surface area contributed by atoms with Crippen molar-refractivity contribution in [1.82, 2.24) is 9.88 Å². The normalized spacial score (nSPS) is 10.4. The van der Waals surface area contributed by atoms with Gasteiger partial charge in [0.25, 0.3) is 0 Å². The summed E-state index contributed by atoms with van der Waals surface area (Å²) >= 11 is 4.89. The number of hydrogen-bond donors (Lipinski definition) is 2. The number of halogens is 1. The van der Waals surface area contributed by atoms with Crippen molar-refractivity contribution in [3.05, 3.63) is 44.8 Å². The summed E-state index contributed by atoms with van der Waals surface area (Å²) in [5, 5.41) is 13.6. The first kappa shape index (κ1) is 13.8. The second-order valence-corrected chi connectivity index (χ2v) is 5.75. The average molecular weight is 343 g/mol. The molecule has 2 aromatic rings. The number of carboxylic acid groups (broad SMARTS) is 1. The maximum Gasteiger partial charge on any atom is 0.352 e. The molecule has 0 aliphatic carbocycles. The molecule has 2 rings (SSSR count). The highest BCUT2D eigenvalue weighted by Crippen LogP contribution is 2.19. The lowest BCUT2D eigenvalue weighted by Crippen LogP contribution is -2.27. The molecule has 1 amide bonds. The summed E-state index contributed by atoms with van der Waals surface area (Å²) in [5.41, 5.74) is 0.106. The first-order chi connectivity index (χ1) is 9.06. The quantitative estimate of drug-likeness (QED) is 0.875. The predicted molar refractivity (Wildman–Crippen MR) is 75.3 cm³/mol. The fourth-order valence-corrected chi connectivity index (χ4v) is 2.98. The number of rotatable bonds is 5. The number of aromatic carboxylic acids is 1. The van der Waals surface area contributed by atoms with Crippen molar-refractivity contribution in [2.24, 2.45) is 0 Å². The number of carbonyl (C=O) groups is 2. The Kier molecular flexibility index (Phi) is 4.39. The van der Waals surface area contributed by atoms with Gasteiger partial charge < -0.3 is 15.0 Å². The zero-order valence-electron chi connectivity index (χ0n) is 9.80. The molecule has 0 unspecified atom stereocenters. The summed E-state index contributed by atoms with van der Waals surface area (Å²) in [6.45, 7) is 0.444. The van der Waals surface area contributed by atoms with Gasteiger partial charge in [0.1, 0.15) is 12.2 Å². The molecule has 2 N–H and O–H groups in total. The van der Waals surface area contributed by atoms with E-state index in [-0.39, 0.29) is 18.1 Å². The van der Waals surface area contributed by atoms with Gasteiger partial charge in [0, 0.05) is 20.9 Å². The van der Waals surface area contributed by atoms with E-state index in [4.69, 9.17) is 5.11 Å². The van der Waals surface area contributed by atoms with E-state index < -0.39 is 5.97 Å². The van der Waals surface area contributed by atoms with E-state index in [1.54, 1.807) is 23.6 Å². The van der Waals surface area contributed by atoms with E-state index in [0.29, 0.717) is 6.54 Å². The molecule has 0 aliphatic heterocycles. The Morgan fingerprint density at radius 1 is 1.47 bits per heavy atom. The van der Waals surface area contributed by atoms with Crippen LogP contribution in [0.5, 0.6) is 0 Å². The first-order valence-electron chi connectivity index (χ1n) is 5.44. The van der Waals surface area contributed by atoms with Crippen LogP contribution in [0, 0.1) is 0 Å². The van der Waals surface area contributed by atoms with Crippen LogP contribution in [0.1, 0.15) is 15.4 Å². The second-order valence-electron chi connectivity index (χ2n) is 3.83. The lowest BCUT2D eigenvalue weighted by molar-refractivity contribution is -0.121. The summed E-state index contributed by atoms with van der Waals surface area (Å²) in [6, 6.07) is 5.00. The summed E-state index contributed by atoms with van der Waals surface area (Å²) in [4.78, 5) is 23.7. The zero-order chi connectivity index (χ0) is 13.8. The number of carboxylic acids is 1. The third-order valence-electron chi connectivity index (χ3n) is 2.44. The number of carbonyl (C=O) groups excluding carboxylic acids is 1. The van der Waals surface area contributed by atoms with Gasteiger partial charge in [0.05, 0.1) is 6.54 Å². The lowest BCUT2D eigenvalue weighted by Gasteiger charge is -2.07. The Bertz CT molecular complexity index is 606. The van der Waals surface area contributed by atoms with E-state index in [2.05, 4.69) is 21.2 Å². The van der Waals surface area contributed by atoms with Crippen molar-refractivity contribution < 1.29 is 14.7 Å². The van der Waals surface area contributed by atoms with Crippen LogP contribution in [0.3, 0.4) is 0 Å². The molecule has 0 aliphatic rings. The van der Waals surface area contributed by atoms with E-state index in [0.717, 1.165) is 9.35 Å². The van der Waals surface area contributed by atoms with Gasteiger partial charge in [0.2, 0.25) is 5.91 Å². The molecule has 0 fully saturated rings. The van der Waals surface area contributed by atoms with Gasteiger partial charge in [0.15, 0.2) is 0 Å². The smallest absolute Gasteiger partial charge is 0.352 e. The zero-order valence-corrected chi connectivity index (χ0v) is 12.2. The van der Waals surface area contributed by atoms with Crippen LogP contribution in [0.25, 0.3) is 0 Å². The SMILES string of the molecule is O=C(Cn1cccc1C(=O)O)NCc1cc(Br)cs1. The summed E-state index contributed by atoms with van der Waals surface area (Å²) in [6.07, 6.45) is 1.57. The van der Waals surface area contributed by atoms with Crippen LogP contribution >= 0.6 is 27.3 Å². The van der Waals surface area contributed by atoms with E-state index >= 15 is 0 Å². The molecule has 19 heavy (non-hydrogen) atoms. The minimum Gasteiger partial charge on any atom is -0.477 e. The van der Waals surface area contributed by atoms with Gasteiger partial charge in [-0.05, 0) is 34.1 Å². The van der Waals surface area contributed by atoms with E-state index in [1.807, 2.05) is 11.4 Å². The van der Waals surface area contributed by atoms with Crippen LogP contribution in [0.2, 0.25) is 0 Å². The van der Waals surface area contributed by atoms with Crippen LogP contribution in [0.15, 0.2) is 34.2 Å². The molecule has 0 spiro atoms. The Labute approximate surface area is 122 Å². The molecular weight excluding hydrogens is 332 g/mol. The Morgan fingerprint density at radius 2 is 2.26 bits per heavy atom. The minimum atomic E-state index is -1.04. The van der Waals surface area contributed by atoms with Crippen molar-refractivity contribution in [1.29, 1.82) is 0 Å². The number of amides is 1. The van der Waals surface area contributed by atoms with Crippen LogP contribution < -0.4 is 5.32 Å². The monoisotopic (exact) mass is 342 g/mol. The maximum absolute atomic E-state index is 11.7. The topological polar surface area (TPSA) is 71.3 Å². The highest BCUT2D eigenvalue weighted by Gasteiger charge is 2.11. The predicted octanol–water partition coefficient (Wildman–Crippen LogP) is 2.33. The third-order valence-corrected chi connectivity index (χ3v) is 4.14. The molecule has 0 saturated carbocycles. The molecule has 7 heteroatoms. The Morgan fingerprint density at radius 3 is 2.89 bits per heavy atom. The fourth-order valence-electron chi connectivity index (χ4n) is 1.59. The number of hydrogen-bond acceptors (Lipinski definition) is 3. The molecule has 0 saturated heterocycles. The summed E-state index contributed by atoms with van der Waals surface area (Å²) < 4.78 is 2.39. The number of nitrogens with one attached hydrogen (secondary N) is 1. The molecule has 0 aromatic carbocycles. The van der Waals surface area contributed by atoms with Crippen LogP contribution in [-0.2, 0) is 17.9 Å². The lowest BCUT2D eigenvalue weighted by atomic mass is 10.4. The van der Waals surface area contributed by atoms with Crippen molar-refractivity contribution in [3.63, 3.8) is 0 Å². The van der Waals surface area contributed by atoms with Crippen molar-refractivity contribution >= 4 is 39.1 Å². The molecule has 0 radical (unpaired) electrons. The summed E-state index contributed by atoms with van der Waals surface area (Å²) in [7, 11) is 0. The van der Waals surface area contributed by atoms with Crippen molar-refractivity contribution in [3.8, 4) is 0 Å². The minimum absolute atomic E-state index is 0.00117. The third kappa shape index (κ3) is 3.68. The number of aromatic nitrogens is 1. The molecular formula is C12H11BrN2O3S. The van der Waals surface area contributed by atoms with Gasteiger partial charge in [-0.15, -0.1) is 11.3 Å². The number of thiophene rings is 1. The average Bonchev–Trinajstić information content (AvgIpc) is 2.95. The molecule has 5 nitrogen and oxygen atoms in total.